The lowest BCUT2D eigenvalue weighted by molar-refractivity contribution is -0.0279. The highest BCUT2D eigenvalue weighted by atomic mass is 16.5. The minimum absolute atomic E-state index is 0.0681. The maximum absolute atomic E-state index is 13.3. The van der Waals surface area contributed by atoms with Gasteiger partial charge < -0.3 is 18.8 Å². The number of benzene rings is 1. The molecule has 1 aliphatic rings. The summed E-state index contributed by atoms with van der Waals surface area (Å²) in [4.78, 5) is 19.8. The van der Waals surface area contributed by atoms with Crippen LogP contribution in [0.4, 0.5) is 0 Å². The van der Waals surface area contributed by atoms with E-state index in [1.165, 1.54) is 0 Å². The largest absolute Gasteiger partial charge is 0.367 e. The smallest absolute Gasteiger partial charge is 0.256 e. The van der Waals surface area contributed by atoms with Crippen LogP contribution in [0.5, 0.6) is 0 Å². The maximum atomic E-state index is 13.3. The Morgan fingerprint density at radius 1 is 1.23 bits per heavy atom. The molecule has 6 nitrogen and oxygen atoms in total. The minimum atomic E-state index is -0.193. The first-order valence-corrected chi connectivity index (χ1v) is 8.92. The lowest BCUT2D eigenvalue weighted by Crippen LogP contribution is -2.43. The van der Waals surface area contributed by atoms with Crippen LogP contribution in [0.2, 0.25) is 0 Å². The molecule has 136 valence electrons. The summed E-state index contributed by atoms with van der Waals surface area (Å²) in [5.41, 5.74) is 3.82. The number of rotatable bonds is 2. The Bertz CT molecular complexity index is 985. The van der Waals surface area contributed by atoms with Gasteiger partial charge in [0.15, 0.2) is 0 Å². The topological polar surface area (TPSA) is 52.3 Å². The highest BCUT2D eigenvalue weighted by Crippen LogP contribution is 2.28. The van der Waals surface area contributed by atoms with Crippen LogP contribution in [-0.4, -0.2) is 44.6 Å². The van der Waals surface area contributed by atoms with Gasteiger partial charge in [-0.2, -0.15) is 0 Å². The maximum Gasteiger partial charge on any atom is 0.256 e. The monoisotopic (exact) mass is 352 g/mol. The first-order chi connectivity index (χ1) is 12.5. The number of imidazole rings is 1. The fourth-order valence-electron chi connectivity index (χ4n) is 3.87. The molecule has 3 aromatic rings. The molecule has 0 bridgehead atoms. The summed E-state index contributed by atoms with van der Waals surface area (Å²) in [6, 6.07) is 8.06. The molecule has 0 unspecified atom stereocenters. The Balaban J connectivity index is 1.67. The van der Waals surface area contributed by atoms with Gasteiger partial charge in [-0.3, -0.25) is 4.79 Å². The number of hydrogen-bond acceptors (Lipinski definition) is 3. The number of ether oxygens (including phenoxy) is 1. The summed E-state index contributed by atoms with van der Waals surface area (Å²) in [6.45, 7) is 5.61. The molecule has 6 heteroatoms. The second-order valence-corrected chi connectivity index (χ2v) is 7.00. The molecule has 0 N–H and O–H groups in total. The molecule has 1 fully saturated rings. The van der Waals surface area contributed by atoms with Crippen molar-refractivity contribution in [1.82, 2.24) is 19.0 Å². The number of hydrogen-bond donors (Lipinski definition) is 0. The predicted octanol–water partition coefficient (Wildman–Crippen LogP) is 2.74. The normalized spacial score (nSPS) is 17.8. The van der Waals surface area contributed by atoms with E-state index in [4.69, 9.17) is 4.74 Å². The van der Waals surface area contributed by atoms with Crippen LogP contribution in [0.25, 0.3) is 10.9 Å². The van der Waals surface area contributed by atoms with E-state index in [0.29, 0.717) is 19.7 Å². The number of aryl methyl sites for hydroxylation is 3. The molecular weight excluding hydrogens is 328 g/mol. The van der Waals surface area contributed by atoms with Gasteiger partial charge in [-0.15, -0.1) is 0 Å². The Labute approximate surface area is 153 Å². The van der Waals surface area contributed by atoms with Crippen molar-refractivity contribution in [1.29, 1.82) is 0 Å². The zero-order chi connectivity index (χ0) is 18.4. The van der Waals surface area contributed by atoms with Crippen molar-refractivity contribution in [3.63, 3.8) is 0 Å². The quantitative estimate of drug-likeness (QED) is 0.713. The SMILES string of the molecule is Cc1cn(C)c([C@@H]2CN(C(=O)c3c(C)n(C)c4ccccc34)CCO2)n1. The number of morpholine rings is 1. The third-order valence-corrected chi connectivity index (χ3v) is 5.29. The van der Waals surface area contributed by atoms with Crippen molar-refractivity contribution in [3.8, 4) is 0 Å². The van der Waals surface area contributed by atoms with E-state index < -0.39 is 0 Å². The Morgan fingerprint density at radius 3 is 2.73 bits per heavy atom. The molecule has 0 saturated carbocycles. The zero-order valence-electron chi connectivity index (χ0n) is 15.7. The van der Waals surface area contributed by atoms with Gasteiger partial charge in [0, 0.05) is 43.4 Å². The Hall–Kier alpha value is -2.60. The van der Waals surface area contributed by atoms with Crippen molar-refractivity contribution in [2.75, 3.05) is 19.7 Å². The molecule has 1 amide bonds. The fraction of sp³-hybridized carbons (Fsp3) is 0.400. The first-order valence-electron chi connectivity index (χ1n) is 8.92. The van der Waals surface area contributed by atoms with E-state index in [9.17, 15) is 4.79 Å². The van der Waals surface area contributed by atoms with Gasteiger partial charge in [0.25, 0.3) is 5.91 Å². The summed E-state index contributed by atoms with van der Waals surface area (Å²) in [5.74, 6) is 0.938. The van der Waals surface area contributed by atoms with Gasteiger partial charge in [-0.1, -0.05) is 18.2 Å². The number of amides is 1. The second kappa shape index (κ2) is 6.29. The first kappa shape index (κ1) is 16.8. The van der Waals surface area contributed by atoms with Gasteiger partial charge >= 0.3 is 0 Å². The van der Waals surface area contributed by atoms with Gasteiger partial charge in [-0.05, 0) is 19.9 Å². The van der Waals surface area contributed by atoms with Gasteiger partial charge in [0.1, 0.15) is 11.9 Å². The lowest BCUT2D eigenvalue weighted by atomic mass is 10.1. The Kier molecular flexibility index (Phi) is 4.07. The number of para-hydroxylation sites is 1. The van der Waals surface area contributed by atoms with Crippen molar-refractivity contribution in [2.24, 2.45) is 14.1 Å². The molecule has 4 rings (SSSR count). The van der Waals surface area contributed by atoms with Crippen molar-refractivity contribution < 1.29 is 9.53 Å². The summed E-state index contributed by atoms with van der Waals surface area (Å²) in [6.07, 6.45) is 1.79. The van der Waals surface area contributed by atoms with E-state index >= 15 is 0 Å². The van der Waals surface area contributed by atoms with Crippen LogP contribution >= 0.6 is 0 Å². The zero-order valence-corrected chi connectivity index (χ0v) is 15.7. The fourth-order valence-corrected chi connectivity index (χ4v) is 3.87. The standard InChI is InChI=1S/C20H24N4O2/c1-13-11-22(3)19(21-13)17-12-24(9-10-26-17)20(25)18-14(2)23(4)16-8-6-5-7-15(16)18/h5-8,11,17H,9-10,12H2,1-4H3/t17-/m0/s1. The number of nitrogens with zero attached hydrogens (tertiary/aromatic N) is 4. The third kappa shape index (κ3) is 2.61. The van der Waals surface area contributed by atoms with E-state index in [2.05, 4.69) is 15.6 Å². The van der Waals surface area contributed by atoms with Crippen molar-refractivity contribution in [3.05, 3.63) is 53.2 Å². The molecule has 1 aliphatic heterocycles. The summed E-state index contributed by atoms with van der Waals surface area (Å²) < 4.78 is 9.98. The van der Waals surface area contributed by atoms with E-state index in [0.717, 1.165) is 33.7 Å². The molecule has 1 atom stereocenters. The Morgan fingerprint density at radius 2 is 2.00 bits per heavy atom. The number of fused-ring (bicyclic) bond motifs is 1. The van der Waals surface area contributed by atoms with Crippen LogP contribution in [0.3, 0.4) is 0 Å². The molecule has 0 radical (unpaired) electrons. The van der Waals surface area contributed by atoms with Gasteiger partial charge in [-0.25, -0.2) is 4.98 Å². The van der Waals surface area contributed by atoms with Gasteiger partial charge in [0.2, 0.25) is 0 Å². The highest BCUT2D eigenvalue weighted by Gasteiger charge is 2.31. The average molecular weight is 352 g/mol. The average Bonchev–Trinajstić information content (AvgIpc) is 3.11. The van der Waals surface area contributed by atoms with Crippen LogP contribution in [0, 0.1) is 13.8 Å². The minimum Gasteiger partial charge on any atom is -0.367 e. The predicted molar refractivity (Wildman–Crippen MR) is 100 cm³/mol. The van der Waals surface area contributed by atoms with Crippen LogP contribution in [0.15, 0.2) is 30.5 Å². The molecule has 2 aromatic heterocycles. The van der Waals surface area contributed by atoms with Crippen LogP contribution in [-0.2, 0) is 18.8 Å². The van der Waals surface area contributed by atoms with Gasteiger partial charge in [0.05, 0.1) is 24.4 Å². The molecule has 3 heterocycles. The molecule has 0 spiro atoms. The van der Waals surface area contributed by atoms with Crippen LogP contribution in [0.1, 0.15) is 33.7 Å². The number of carbonyl (C=O) groups is 1. The molecule has 26 heavy (non-hydrogen) atoms. The van der Waals surface area contributed by atoms with Crippen LogP contribution < -0.4 is 0 Å². The summed E-state index contributed by atoms with van der Waals surface area (Å²) in [7, 11) is 3.97. The second-order valence-electron chi connectivity index (χ2n) is 7.00. The number of carbonyl (C=O) groups excluding carboxylic acids is 1. The highest BCUT2D eigenvalue weighted by molar-refractivity contribution is 6.08. The van der Waals surface area contributed by atoms with E-state index in [-0.39, 0.29) is 12.0 Å². The van der Waals surface area contributed by atoms with E-state index in [1.54, 1.807) is 0 Å². The summed E-state index contributed by atoms with van der Waals surface area (Å²) >= 11 is 0. The van der Waals surface area contributed by atoms with Crippen molar-refractivity contribution in [2.45, 2.75) is 20.0 Å². The van der Waals surface area contributed by atoms with Crippen molar-refractivity contribution >= 4 is 16.8 Å². The number of aromatic nitrogens is 3. The molecular formula is C20H24N4O2. The lowest BCUT2D eigenvalue weighted by Gasteiger charge is -2.32. The molecule has 1 aromatic carbocycles. The molecule has 0 aliphatic carbocycles. The summed E-state index contributed by atoms with van der Waals surface area (Å²) in [5, 5.41) is 1.01. The van der Waals surface area contributed by atoms with E-state index in [1.807, 2.05) is 61.8 Å². The molecule has 1 saturated heterocycles. The third-order valence-electron chi connectivity index (χ3n) is 5.29.